The quantitative estimate of drug-likeness (QED) is 0.607. The molecule has 0 saturated carbocycles. The number of anilines is 1. The van der Waals surface area contributed by atoms with Crippen molar-refractivity contribution >= 4 is 52.2 Å². The molecule has 0 bridgehead atoms. The summed E-state index contributed by atoms with van der Waals surface area (Å²) < 4.78 is 0. The van der Waals surface area contributed by atoms with Crippen molar-refractivity contribution < 1.29 is 9.59 Å². The third-order valence-corrected chi connectivity index (χ3v) is 5.00. The van der Waals surface area contributed by atoms with Crippen LogP contribution in [0.25, 0.3) is 0 Å². The van der Waals surface area contributed by atoms with Crippen LogP contribution in [0.3, 0.4) is 0 Å². The summed E-state index contributed by atoms with van der Waals surface area (Å²) in [6.45, 7) is 1.95. The van der Waals surface area contributed by atoms with E-state index in [1.807, 2.05) is 31.2 Å². The Bertz CT molecular complexity index is 912. The summed E-state index contributed by atoms with van der Waals surface area (Å²) in [5.74, 6) is -0.506. The van der Waals surface area contributed by atoms with E-state index in [0.717, 1.165) is 11.1 Å². The number of hydrogen-bond donors (Lipinski definition) is 2. The Morgan fingerprint density at radius 2 is 2.07 bits per heavy atom. The normalized spacial score (nSPS) is 18.5. The number of benzene rings is 2. The van der Waals surface area contributed by atoms with Crippen molar-refractivity contribution in [3.63, 3.8) is 0 Å². The third-order valence-electron chi connectivity index (χ3n) is 3.67. The molecule has 1 atom stereocenters. The Kier molecular flexibility index (Phi) is 6.26. The number of amidine groups is 1. The van der Waals surface area contributed by atoms with Crippen molar-refractivity contribution in [1.82, 2.24) is 5.32 Å². The van der Waals surface area contributed by atoms with Crippen LogP contribution in [0.5, 0.6) is 0 Å². The van der Waals surface area contributed by atoms with Crippen LogP contribution in [-0.4, -0.2) is 28.4 Å². The molecule has 0 aromatic heterocycles. The molecule has 1 fully saturated rings. The van der Waals surface area contributed by atoms with Crippen molar-refractivity contribution in [2.45, 2.75) is 18.6 Å². The van der Waals surface area contributed by atoms with E-state index in [0.29, 0.717) is 15.9 Å². The van der Waals surface area contributed by atoms with Gasteiger partial charge in [0.1, 0.15) is 5.25 Å². The topological polar surface area (TPSA) is 82.9 Å². The van der Waals surface area contributed by atoms with E-state index in [-0.39, 0.29) is 18.2 Å². The van der Waals surface area contributed by atoms with Crippen LogP contribution in [0.4, 0.5) is 5.69 Å². The van der Waals surface area contributed by atoms with Gasteiger partial charge in [0, 0.05) is 17.1 Å². The molecular formula is C19H17ClN4O2S. The van der Waals surface area contributed by atoms with Gasteiger partial charge in [-0.05, 0) is 42.3 Å². The molecule has 1 heterocycles. The lowest BCUT2D eigenvalue weighted by Gasteiger charge is -2.21. The molecule has 2 amide bonds. The van der Waals surface area contributed by atoms with E-state index in [1.165, 1.54) is 11.8 Å². The number of halogens is 1. The molecular weight excluding hydrogens is 384 g/mol. The fourth-order valence-corrected chi connectivity index (χ4v) is 3.44. The largest absolute Gasteiger partial charge is 0.325 e. The van der Waals surface area contributed by atoms with Gasteiger partial charge in [0.05, 0.1) is 6.21 Å². The number of hydrogen-bond acceptors (Lipinski definition) is 5. The van der Waals surface area contributed by atoms with Crippen LogP contribution in [0.2, 0.25) is 5.02 Å². The number of carbonyl (C=O) groups is 2. The number of carbonyl (C=O) groups excluding carboxylic acids is 2. The molecule has 2 N–H and O–H groups in total. The van der Waals surface area contributed by atoms with E-state index >= 15 is 0 Å². The first-order valence-corrected chi connectivity index (χ1v) is 9.46. The Morgan fingerprint density at radius 1 is 1.30 bits per heavy atom. The molecule has 0 unspecified atom stereocenters. The summed E-state index contributed by atoms with van der Waals surface area (Å²) in [5, 5.41) is 13.8. The first-order valence-electron chi connectivity index (χ1n) is 8.20. The molecule has 8 heteroatoms. The van der Waals surface area contributed by atoms with Crippen LogP contribution in [0.1, 0.15) is 17.5 Å². The van der Waals surface area contributed by atoms with Crippen molar-refractivity contribution in [2.75, 3.05) is 5.32 Å². The second-order valence-electron chi connectivity index (χ2n) is 5.92. The molecule has 0 spiro atoms. The van der Waals surface area contributed by atoms with Gasteiger partial charge in [-0.25, -0.2) is 0 Å². The van der Waals surface area contributed by atoms with Crippen LogP contribution in [-0.2, 0) is 9.59 Å². The highest BCUT2D eigenvalue weighted by atomic mass is 35.5. The van der Waals surface area contributed by atoms with E-state index in [4.69, 9.17) is 11.6 Å². The maximum atomic E-state index is 12.5. The smallest absolute Gasteiger partial charge is 0.238 e. The van der Waals surface area contributed by atoms with Gasteiger partial charge in [-0.1, -0.05) is 47.6 Å². The predicted molar refractivity (Wildman–Crippen MR) is 110 cm³/mol. The van der Waals surface area contributed by atoms with Gasteiger partial charge in [-0.15, -0.1) is 5.10 Å². The fourth-order valence-electron chi connectivity index (χ4n) is 2.38. The summed E-state index contributed by atoms with van der Waals surface area (Å²) >= 11 is 7.01. The maximum Gasteiger partial charge on any atom is 0.238 e. The summed E-state index contributed by atoms with van der Waals surface area (Å²) in [6, 6.07) is 14.6. The lowest BCUT2D eigenvalue weighted by atomic mass is 10.2. The van der Waals surface area contributed by atoms with Crippen LogP contribution >= 0.6 is 23.4 Å². The number of rotatable bonds is 4. The molecule has 2 aromatic carbocycles. The SMILES string of the molecule is Cc1cccc(NC(=O)[C@H]2CC(=O)NC(=N/N=C\c3ccc(Cl)cc3)S2)c1. The monoisotopic (exact) mass is 400 g/mol. The molecule has 27 heavy (non-hydrogen) atoms. The average Bonchev–Trinajstić information content (AvgIpc) is 2.63. The molecule has 3 rings (SSSR count). The second-order valence-corrected chi connectivity index (χ2v) is 7.55. The van der Waals surface area contributed by atoms with Crippen molar-refractivity contribution in [3.8, 4) is 0 Å². The number of nitrogens with one attached hydrogen (secondary N) is 2. The minimum absolute atomic E-state index is 0.0855. The predicted octanol–water partition coefficient (Wildman–Crippen LogP) is 3.60. The second kappa shape index (κ2) is 8.83. The van der Waals surface area contributed by atoms with Crippen LogP contribution in [0.15, 0.2) is 58.7 Å². The first-order chi connectivity index (χ1) is 13.0. The molecule has 138 valence electrons. The molecule has 6 nitrogen and oxygen atoms in total. The highest BCUT2D eigenvalue weighted by Crippen LogP contribution is 2.22. The first kappa shape index (κ1) is 19.1. The Labute approximate surface area is 166 Å². The molecule has 1 aliphatic rings. The van der Waals surface area contributed by atoms with Gasteiger partial charge in [0.15, 0.2) is 5.17 Å². The van der Waals surface area contributed by atoms with E-state index < -0.39 is 5.25 Å². The lowest BCUT2D eigenvalue weighted by molar-refractivity contribution is -0.123. The highest BCUT2D eigenvalue weighted by Gasteiger charge is 2.30. The Morgan fingerprint density at radius 3 is 2.81 bits per heavy atom. The van der Waals surface area contributed by atoms with Gasteiger partial charge in [0.2, 0.25) is 11.8 Å². The van der Waals surface area contributed by atoms with E-state index in [2.05, 4.69) is 20.8 Å². The van der Waals surface area contributed by atoms with Gasteiger partial charge >= 0.3 is 0 Å². The Balaban J connectivity index is 1.65. The zero-order valence-corrected chi connectivity index (χ0v) is 16.1. The molecule has 1 saturated heterocycles. The third kappa shape index (κ3) is 5.67. The van der Waals surface area contributed by atoms with Gasteiger partial charge in [-0.2, -0.15) is 5.10 Å². The number of thioether (sulfide) groups is 1. The summed E-state index contributed by atoms with van der Waals surface area (Å²) in [4.78, 5) is 24.4. The van der Waals surface area contributed by atoms with Crippen molar-refractivity contribution in [3.05, 3.63) is 64.7 Å². The van der Waals surface area contributed by atoms with Gasteiger partial charge < -0.3 is 10.6 Å². The highest BCUT2D eigenvalue weighted by molar-refractivity contribution is 8.15. The van der Waals surface area contributed by atoms with Gasteiger partial charge in [-0.3, -0.25) is 9.59 Å². The molecule has 0 radical (unpaired) electrons. The van der Waals surface area contributed by atoms with E-state index in [1.54, 1.807) is 30.5 Å². The zero-order chi connectivity index (χ0) is 19.2. The summed E-state index contributed by atoms with van der Waals surface area (Å²) in [7, 11) is 0. The van der Waals surface area contributed by atoms with Crippen molar-refractivity contribution in [1.29, 1.82) is 0 Å². The minimum Gasteiger partial charge on any atom is -0.325 e. The summed E-state index contributed by atoms with van der Waals surface area (Å²) in [6.07, 6.45) is 1.63. The van der Waals surface area contributed by atoms with E-state index in [9.17, 15) is 9.59 Å². The lowest BCUT2D eigenvalue weighted by Crippen LogP contribution is -2.41. The average molecular weight is 401 g/mol. The van der Waals surface area contributed by atoms with Crippen molar-refractivity contribution in [2.24, 2.45) is 10.2 Å². The number of aryl methyl sites for hydroxylation is 1. The standard InChI is InChI=1S/C19H17ClN4O2S/c1-12-3-2-4-15(9-12)22-18(26)16-10-17(25)23-19(27-16)24-21-11-13-5-7-14(20)8-6-13/h2-9,11,16H,10H2,1H3,(H,22,26)(H,23,24,25)/b21-11-/t16-/m1/s1. The molecule has 2 aromatic rings. The molecule has 1 aliphatic heterocycles. The van der Waals surface area contributed by atoms with Crippen LogP contribution < -0.4 is 10.6 Å². The maximum absolute atomic E-state index is 12.5. The molecule has 0 aliphatic carbocycles. The zero-order valence-electron chi connectivity index (χ0n) is 14.5. The minimum atomic E-state index is -0.566. The van der Waals surface area contributed by atoms with Gasteiger partial charge in [0.25, 0.3) is 0 Å². The number of amides is 2. The summed E-state index contributed by atoms with van der Waals surface area (Å²) in [5.41, 5.74) is 2.57. The fraction of sp³-hybridized carbons (Fsp3) is 0.158. The number of nitrogens with zero attached hydrogens (tertiary/aromatic N) is 2. The Hall–Kier alpha value is -2.64. The van der Waals surface area contributed by atoms with Crippen LogP contribution in [0, 0.1) is 6.92 Å².